The topological polar surface area (TPSA) is 12.4 Å². The highest BCUT2D eigenvalue weighted by Crippen LogP contribution is 1.80. The molecule has 0 radical (unpaired) electrons. The highest BCUT2D eigenvalue weighted by molar-refractivity contribution is 5.92. The van der Waals surface area contributed by atoms with E-state index in [-0.39, 0.29) is 0 Å². The molecule has 0 bridgehead atoms. The van der Waals surface area contributed by atoms with E-state index in [0.29, 0.717) is 0 Å². The molecule has 0 saturated carbocycles. The molecule has 0 aliphatic rings. The average molecular weight is 123 g/mol. The van der Waals surface area contributed by atoms with Gasteiger partial charge in [0.25, 0.3) is 0 Å². The summed E-state index contributed by atoms with van der Waals surface area (Å²) in [7, 11) is 1.79. The van der Waals surface area contributed by atoms with Gasteiger partial charge >= 0.3 is 0 Å². The molecule has 0 atom stereocenters. The quantitative estimate of drug-likeness (QED) is 0.394. The molecular formula is C8H13N. The van der Waals surface area contributed by atoms with Gasteiger partial charge in [0.05, 0.1) is 0 Å². The highest BCUT2D eigenvalue weighted by atomic mass is 14.7. The molecule has 1 heteroatoms. The van der Waals surface area contributed by atoms with E-state index in [1.165, 1.54) is 0 Å². The summed E-state index contributed by atoms with van der Waals surface area (Å²) in [5, 5.41) is 0. The molecule has 0 saturated heterocycles. The number of rotatable bonds is 2. The Bertz CT molecular complexity index is 141. The number of hydrogen-bond donors (Lipinski definition) is 0. The minimum Gasteiger partial charge on any atom is -0.293 e. The number of hydrogen-bond acceptors (Lipinski definition) is 1. The van der Waals surface area contributed by atoms with Crippen molar-refractivity contribution in [1.29, 1.82) is 0 Å². The third-order valence-electron chi connectivity index (χ3n) is 0.994. The zero-order valence-corrected chi connectivity index (χ0v) is 6.26. The van der Waals surface area contributed by atoms with Gasteiger partial charge in [0.2, 0.25) is 0 Å². The summed E-state index contributed by atoms with van der Waals surface area (Å²) in [6.45, 7) is 3.96. The van der Waals surface area contributed by atoms with Crippen LogP contribution < -0.4 is 0 Å². The van der Waals surface area contributed by atoms with Gasteiger partial charge in [-0.05, 0) is 19.9 Å². The van der Waals surface area contributed by atoms with Crippen molar-refractivity contribution >= 4 is 5.71 Å². The molecule has 0 aromatic heterocycles. The summed E-state index contributed by atoms with van der Waals surface area (Å²) in [5.74, 6) is 0. The first-order chi connectivity index (χ1) is 4.31. The fourth-order valence-electron chi connectivity index (χ4n) is 0.380. The lowest BCUT2D eigenvalue weighted by atomic mass is 10.3. The van der Waals surface area contributed by atoms with Gasteiger partial charge in [-0.1, -0.05) is 18.2 Å². The Hall–Kier alpha value is -0.850. The molecule has 0 heterocycles. The molecule has 0 N–H and O–H groups in total. The number of aliphatic imine (C=N–C) groups is 1. The van der Waals surface area contributed by atoms with Crippen molar-refractivity contribution in [2.75, 3.05) is 7.05 Å². The second-order valence-electron chi connectivity index (χ2n) is 1.75. The van der Waals surface area contributed by atoms with Crippen LogP contribution in [0.2, 0.25) is 0 Å². The molecule has 0 unspecified atom stereocenters. The van der Waals surface area contributed by atoms with Gasteiger partial charge in [-0.3, -0.25) is 4.99 Å². The fraction of sp³-hybridized carbons (Fsp3) is 0.375. The highest BCUT2D eigenvalue weighted by Gasteiger charge is 1.73. The van der Waals surface area contributed by atoms with Crippen molar-refractivity contribution in [2.24, 2.45) is 4.99 Å². The van der Waals surface area contributed by atoms with Crippen molar-refractivity contribution in [3.05, 3.63) is 24.3 Å². The predicted molar refractivity (Wildman–Crippen MR) is 43.0 cm³/mol. The molecule has 0 aromatic carbocycles. The van der Waals surface area contributed by atoms with Crippen LogP contribution in [0.25, 0.3) is 0 Å². The molecule has 0 aromatic rings. The van der Waals surface area contributed by atoms with E-state index in [0.717, 1.165) is 5.71 Å². The predicted octanol–water partition coefficient (Wildman–Crippen LogP) is 2.21. The Morgan fingerprint density at radius 2 is 2.00 bits per heavy atom. The van der Waals surface area contributed by atoms with E-state index in [1.54, 1.807) is 7.05 Å². The summed E-state index contributed by atoms with van der Waals surface area (Å²) >= 11 is 0. The second-order valence-corrected chi connectivity index (χ2v) is 1.75. The van der Waals surface area contributed by atoms with E-state index in [9.17, 15) is 0 Å². The molecule has 0 spiro atoms. The van der Waals surface area contributed by atoms with Crippen LogP contribution >= 0.6 is 0 Å². The average Bonchev–Trinajstić information content (AvgIpc) is 1.89. The number of allylic oxidation sites excluding steroid dienone is 4. The Morgan fingerprint density at radius 3 is 2.44 bits per heavy atom. The van der Waals surface area contributed by atoms with Crippen LogP contribution in [0.4, 0.5) is 0 Å². The molecule has 0 fully saturated rings. The normalized spacial score (nSPS) is 13.9. The maximum atomic E-state index is 3.96. The molecule has 50 valence electrons. The third-order valence-corrected chi connectivity index (χ3v) is 0.994. The molecule has 0 aliphatic carbocycles. The standard InChI is InChI=1S/C8H13N/c1-4-5-6-7-8(2)9-3/h4-7H,1-3H3/b5-4-,7-6-,9-8-. The van der Waals surface area contributed by atoms with E-state index < -0.39 is 0 Å². The van der Waals surface area contributed by atoms with E-state index in [1.807, 2.05) is 38.2 Å². The maximum absolute atomic E-state index is 3.96. The zero-order valence-electron chi connectivity index (χ0n) is 6.26. The first-order valence-electron chi connectivity index (χ1n) is 3.04. The SMILES string of the molecule is C\C=C/C=C\C(C)=N/C. The molecule has 0 rings (SSSR count). The van der Waals surface area contributed by atoms with Crippen molar-refractivity contribution in [3.63, 3.8) is 0 Å². The lowest BCUT2D eigenvalue weighted by molar-refractivity contribution is 1.43. The minimum absolute atomic E-state index is 1.05. The van der Waals surface area contributed by atoms with Gasteiger partial charge in [0.1, 0.15) is 0 Å². The fourth-order valence-corrected chi connectivity index (χ4v) is 0.380. The summed E-state index contributed by atoms with van der Waals surface area (Å²) < 4.78 is 0. The maximum Gasteiger partial charge on any atom is 0.0313 e. The van der Waals surface area contributed by atoms with E-state index >= 15 is 0 Å². The van der Waals surface area contributed by atoms with Crippen LogP contribution in [0.1, 0.15) is 13.8 Å². The van der Waals surface area contributed by atoms with E-state index in [4.69, 9.17) is 0 Å². The van der Waals surface area contributed by atoms with Crippen LogP contribution in [-0.2, 0) is 0 Å². The minimum atomic E-state index is 1.05. The van der Waals surface area contributed by atoms with Crippen LogP contribution in [-0.4, -0.2) is 12.8 Å². The Kier molecular flexibility index (Phi) is 4.79. The molecule has 1 nitrogen and oxygen atoms in total. The largest absolute Gasteiger partial charge is 0.293 e. The van der Waals surface area contributed by atoms with Gasteiger partial charge in [-0.25, -0.2) is 0 Å². The summed E-state index contributed by atoms with van der Waals surface area (Å²) in [4.78, 5) is 3.96. The third kappa shape index (κ3) is 5.01. The molecule has 0 amide bonds. The lowest BCUT2D eigenvalue weighted by Crippen LogP contribution is -1.80. The first-order valence-corrected chi connectivity index (χ1v) is 3.04. The van der Waals surface area contributed by atoms with Gasteiger partial charge < -0.3 is 0 Å². The Labute approximate surface area is 56.8 Å². The van der Waals surface area contributed by atoms with Crippen LogP contribution in [0.15, 0.2) is 29.3 Å². The first kappa shape index (κ1) is 8.15. The van der Waals surface area contributed by atoms with Crippen LogP contribution in [0, 0.1) is 0 Å². The Balaban J connectivity index is 3.71. The van der Waals surface area contributed by atoms with Crippen LogP contribution in [0.5, 0.6) is 0 Å². The monoisotopic (exact) mass is 123 g/mol. The zero-order chi connectivity index (χ0) is 7.11. The summed E-state index contributed by atoms with van der Waals surface area (Å²) in [6, 6.07) is 0. The van der Waals surface area contributed by atoms with Crippen LogP contribution in [0.3, 0.4) is 0 Å². The van der Waals surface area contributed by atoms with E-state index in [2.05, 4.69) is 4.99 Å². The summed E-state index contributed by atoms with van der Waals surface area (Å²) in [5.41, 5.74) is 1.05. The molecule has 0 aliphatic heterocycles. The molecule has 9 heavy (non-hydrogen) atoms. The van der Waals surface area contributed by atoms with Crippen molar-refractivity contribution in [3.8, 4) is 0 Å². The lowest BCUT2D eigenvalue weighted by Gasteiger charge is -1.82. The summed E-state index contributed by atoms with van der Waals surface area (Å²) in [6.07, 6.45) is 7.91. The van der Waals surface area contributed by atoms with Gasteiger partial charge in [-0.2, -0.15) is 0 Å². The second kappa shape index (κ2) is 5.29. The van der Waals surface area contributed by atoms with Gasteiger partial charge in [-0.15, -0.1) is 0 Å². The van der Waals surface area contributed by atoms with Crippen molar-refractivity contribution in [2.45, 2.75) is 13.8 Å². The smallest absolute Gasteiger partial charge is 0.0313 e. The van der Waals surface area contributed by atoms with Crippen molar-refractivity contribution in [1.82, 2.24) is 0 Å². The van der Waals surface area contributed by atoms with Gasteiger partial charge in [0, 0.05) is 12.8 Å². The number of nitrogens with zero attached hydrogens (tertiary/aromatic N) is 1. The Morgan fingerprint density at radius 1 is 1.33 bits per heavy atom. The van der Waals surface area contributed by atoms with Crippen molar-refractivity contribution < 1.29 is 0 Å². The van der Waals surface area contributed by atoms with Gasteiger partial charge in [0.15, 0.2) is 0 Å². The molecular weight excluding hydrogens is 110 g/mol.